The third-order valence-electron chi connectivity index (χ3n) is 9.75. The van der Waals surface area contributed by atoms with E-state index in [9.17, 15) is 19.5 Å². The van der Waals surface area contributed by atoms with Crippen molar-refractivity contribution in [2.24, 2.45) is 5.92 Å². The maximum atomic E-state index is 13.9. The van der Waals surface area contributed by atoms with Crippen LogP contribution in [0.4, 0.5) is 0 Å². The van der Waals surface area contributed by atoms with Gasteiger partial charge in [-0.1, -0.05) is 43.7 Å². The largest absolute Gasteiger partial charge is 0.493 e. The highest BCUT2D eigenvalue weighted by atomic mass is 16.5. The maximum absolute atomic E-state index is 13.9. The summed E-state index contributed by atoms with van der Waals surface area (Å²) in [5.41, 5.74) is 3.83. The van der Waals surface area contributed by atoms with Crippen LogP contribution in [0.5, 0.6) is 5.75 Å². The van der Waals surface area contributed by atoms with Gasteiger partial charge in [-0.25, -0.2) is 0 Å². The predicted octanol–water partition coefficient (Wildman–Crippen LogP) is 4.25. The summed E-state index contributed by atoms with van der Waals surface area (Å²) in [6.07, 6.45) is 5.25. The lowest BCUT2D eigenvalue weighted by atomic mass is 9.83. The van der Waals surface area contributed by atoms with Gasteiger partial charge in [0.15, 0.2) is 0 Å². The minimum Gasteiger partial charge on any atom is -0.493 e. The van der Waals surface area contributed by atoms with Crippen molar-refractivity contribution < 1.29 is 28.7 Å². The van der Waals surface area contributed by atoms with Gasteiger partial charge in [0.2, 0.25) is 5.91 Å². The van der Waals surface area contributed by atoms with Crippen LogP contribution in [0.1, 0.15) is 72.0 Å². The standard InChI is InChI=1S/C36H50N4O5/c1-5-6-17-37(18-9-10-20-40(2,3)4)33(41)25-39-24-30(26-13-14-32-27(22-26)16-21-45-32)34(36(43)44)31(39)15-19-38-23-28-11-7-8-12-29(28)35(38)42/h7-8,11-14,22,30-31,34H,5-6,9-10,15-21,23-25H2,1-4H3/p+1/t30-,31+,34-/m1/s1. The second-order valence-corrected chi connectivity index (χ2v) is 14.1. The molecule has 1 saturated heterocycles. The fraction of sp³-hybridized carbons (Fsp3) is 0.583. The third kappa shape index (κ3) is 7.87. The lowest BCUT2D eigenvalue weighted by Crippen LogP contribution is -2.46. The Morgan fingerprint density at radius 1 is 1.04 bits per heavy atom. The molecular weight excluding hydrogens is 568 g/mol. The summed E-state index contributed by atoms with van der Waals surface area (Å²) in [7, 11) is 6.56. The Labute approximate surface area is 268 Å². The number of benzene rings is 2. The molecule has 5 rings (SSSR count). The first-order chi connectivity index (χ1) is 21.6. The number of carboxylic acids is 1. The summed E-state index contributed by atoms with van der Waals surface area (Å²) in [6.45, 7) is 6.92. The van der Waals surface area contributed by atoms with Crippen molar-refractivity contribution in [2.75, 3.05) is 67.0 Å². The number of nitrogens with zero attached hydrogens (tertiary/aromatic N) is 4. The molecule has 0 spiro atoms. The molecule has 0 unspecified atom stereocenters. The van der Waals surface area contributed by atoms with Crippen molar-refractivity contribution in [3.05, 3.63) is 64.7 Å². The van der Waals surface area contributed by atoms with E-state index >= 15 is 0 Å². The first kappa shape index (κ1) is 32.9. The number of carbonyl (C=O) groups is 3. The second kappa shape index (κ2) is 14.3. The summed E-state index contributed by atoms with van der Waals surface area (Å²) in [6, 6.07) is 13.3. The molecule has 3 atom stereocenters. The number of ether oxygens (including phenoxy) is 1. The molecule has 1 N–H and O–H groups in total. The fourth-order valence-corrected chi connectivity index (χ4v) is 7.28. The lowest BCUT2D eigenvalue weighted by molar-refractivity contribution is -0.870. The van der Waals surface area contributed by atoms with Crippen molar-refractivity contribution in [3.63, 3.8) is 0 Å². The zero-order valence-corrected chi connectivity index (χ0v) is 27.5. The normalized spacial score (nSPS) is 21.1. The van der Waals surface area contributed by atoms with Crippen molar-refractivity contribution >= 4 is 17.8 Å². The van der Waals surface area contributed by atoms with E-state index in [0.717, 1.165) is 77.7 Å². The highest BCUT2D eigenvalue weighted by Crippen LogP contribution is 2.41. The van der Waals surface area contributed by atoms with Crippen LogP contribution >= 0.6 is 0 Å². The molecule has 45 heavy (non-hydrogen) atoms. The Morgan fingerprint density at radius 2 is 1.82 bits per heavy atom. The summed E-state index contributed by atoms with van der Waals surface area (Å²) in [5, 5.41) is 10.7. The Morgan fingerprint density at radius 3 is 2.56 bits per heavy atom. The topological polar surface area (TPSA) is 90.4 Å². The molecule has 3 aliphatic rings. The summed E-state index contributed by atoms with van der Waals surface area (Å²) in [5.74, 6) is -0.867. The number of fused-ring (bicyclic) bond motifs is 2. The van der Waals surface area contributed by atoms with Crippen LogP contribution < -0.4 is 4.74 Å². The molecule has 3 heterocycles. The van der Waals surface area contributed by atoms with Crippen LogP contribution in [0.15, 0.2) is 42.5 Å². The number of unbranched alkanes of at least 4 members (excludes halogenated alkanes) is 2. The summed E-state index contributed by atoms with van der Waals surface area (Å²) >= 11 is 0. The van der Waals surface area contributed by atoms with E-state index in [2.05, 4.69) is 39.0 Å². The van der Waals surface area contributed by atoms with E-state index < -0.39 is 11.9 Å². The van der Waals surface area contributed by atoms with Crippen LogP contribution in [-0.4, -0.2) is 115 Å². The molecule has 3 aliphatic heterocycles. The number of aliphatic carboxylic acids is 1. The first-order valence-corrected chi connectivity index (χ1v) is 16.7. The van der Waals surface area contributed by atoms with Gasteiger partial charge in [-0.15, -0.1) is 0 Å². The average molecular weight is 620 g/mol. The van der Waals surface area contributed by atoms with Gasteiger partial charge in [-0.05, 0) is 54.5 Å². The van der Waals surface area contributed by atoms with Crippen LogP contribution in [0.25, 0.3) is 0 Å². The molecule has 0 radical (unpaired) electrons. The average Bonchev–Trinajstić information content (AvgIpc) is 3.70. The molecule has 9 heteroatoms. The number of rotatable bonds is 15. The van der Waals surface area contributed by atoms with Gasteiger partial charge in [0, 0.05) is 56.7 Å². The van der Waals surface area contributed by atoms with Crippen LogP contribution in [0, 0.1) is 5.92 Å². The third-order valence-corrected chi connectivity index (χ3v) is 9.75. The molecular formula is C36H51N4O5+. The van der Waals surface area contributed by atoms with Crippen molar-refractivity contribution in [2.45, 2.75) is 64.0 Å². The molecule has 0 aromatic heterocycles. The SMILES string of the molecule is CCCCN(CCCC[N+](C)(C)C)C(=O)CN1C[C@H](c2ccc3c(c2)CCO3)[C@@H](C(=O)O)[C@@H]1CCN1Cc2ccccc2C1=O. The van der Waals surface area contributed by atoms with Crippen molar-refractivity contribution in [3.8, 4) is 5.75 Å². The Kier molecular flexibility index (Phi) is 10.5. The number of quaternary nitrogens is 1. The van der Waals surface area contributed by atoms with Crippen LogP contribution in [-0.2, 0) is 22.6 Å². The van der Waals surface area contributed by atoms with Gasteiger partial charge < -0.3 is 24.1 Å². The van der Waals surface area contributed by atoms with Gasteiger partial charge in [-0.3, -0.25) is 19.3 Å². The number of carboxylic acid groups (broad SMARTS) is 1. The van der Waals surface area contributed by atoms with Gasteiger partial charge in [0.1, 0.15) is 5.75 Å². The number of carbonyl (C=O) groups excluding carboxylic acids is 2. The molecule has 0 saturated carbocycles. The fourth-order valence-electron chi connectivity index (χ4n) is 7.28. The Hall–Kier alpha value is -3.43. The van der Waals surface area contributed by atoms with E-state index in [4.69, 9.17) is 4.74 Å². The van der Waals surface area contributed by atoms with E-state index in [1.807, 2.05) is 46.2 Å². The molecule has 0 bridgehead atoms. The Balaban J connectivity index is 1.35. The highest BCUT2D eigenvalue weighted by Gasteiger charge is 2.47. The van der Waals surface area contributed by atoms with Gasteiger partial charge in [0.25, 0.3) is 5.91 Å². The molecule has 9 nitrogen and oxygen atoms in total. The van der Waals surface area contributed by atoms with Crippen LogP contribution in [0.2, 0.25) is 0 Å². The molecule has 244 valence electrons. The van der Waals surface area contributed by atoms with E-state index in [-0.39, 0.29) is 30.3 Å². The minimum atomic E-state index is -0.851. The van der Waals surface area contributed by atoms with Crippen LogP contribution in [0.3, 0.4) is 0 Å². The molecule has 1 fully saturated rings. The van der Waals surface area contributed by atoms with Crippen molar-refractivity contribution in [1.29, 1.82) is 0 Å². The van der Waals surface area contributed by atoms with Gasteiger partial charge in [0.05, 0.1) is 46.8 Å². The number of likely N-dealkylation sites (tertiary alicyclic amines) is 1. The molecule has 2 aromatic rings. The summed E-state index contributed by atoms with van der Waals surface area (Å²) < 4.78 is 6.62. The zero-order chi connectivity index (χ0) is 32.1. The molecule has 0 aliphatic carbocycles. The summed E-state index contributed by atoms with van der Waals surface area (Å²) in [4.78, 5) is 46.0. The lowest BCUT2D eigenvalue weighted by Gasteiger charge is -2.31. The monoisotopic (exact) mass is 619 g/mol. The van der Waals surface area contributed by atoms with E-state index in [1.165, 1.54) is 0 Å². The van der Waals surface area contributed by atoms with Gasteiger partial charge in [-0.2, -0.15) is 0 Å². The predicted molar refractivity (Wildman–Crippen MR) is 174 cm³/mol. The van der Waals surface area contributed by atoms with E-state index in [0.29, 0.717) is 39.2 Å². The van der Waals surface area contributed by atoms with E-state index in [1.54, 1.807) is 0 Å². The quantitative estimate of drug-likeness (QED) is 0.237. The minimum absolute atomic E-state index is 0.00658. The first-order valence-electron chi connectivity index (χ1n) is 16.7. The van der Waals surface area contributed by atoms with Crippen molar-refractivity contribution in [1.82, 2.24) is 14.7 Å². The zero-order valence-electron chi connectivity index (χ0n) is 27.5. The number of amides is 2. The second-order valence-electron chi connectivity index (χ2n) is 14.1. The molecule has 2 amide bonds. The number of hydrogen-bond donors (Lipinski definition) is 1. The highest BCUT2D eigenvalue weighted by molar-refractivity contribution is 5.98. The number of hydrogen-bond acceptors (Lipinski definition) is 5. The molecule has 2 aromatic carbocycles. The van der Waals surface area contributed by atoms with Gasteiger partial charge >= 0.3 is 5.97 Å². The Bertz CT molecular complexity index is 1370. The smallest absolute Gasteiger partial charge is 0.308 e. The maximum Gasteiger partial charge on any atom is 0.308 e.